The zero-order valence-electron chi connectivity index (χ0n) is 7.53. The molecule has 3 heteroatoms. The van der Waals surface area contributed by atoms with Crippen molar-refractivity contribution in [3.8, 4) is 0 Å². The topological polar surface area (TPSA) is 33.6 Å². The summed E-state index contributed by atoms with van der Waals surface area (Å²) in [6, 6.07) is 9.96. The summed E-state index contributed by atoms with van der Waals surface area (Å²) in [5.74, 6) is 0.818. The fraction of sp³-hybridized carbons (Fsp3) is 0.300. The minimum atomic E-state index is 0.160. The molecule has 1 aromatic carbocycles. The van der Waals surface area contributed by atoms with Crippen LogP contribution >= 0.6 is 0 Å². The molecule has 0 fully saturated rings. The SMILES string of the molecule is CC1CN=C(c2ccccc2)NO1. The predicted molar refractivity (Wildman–Crippen MR) is 51.5 cm³/mol. The molecule has 1 aromatic rings. The second-order valence-electron chi connectivity index (χ2n) is 3.09. The molecule has 0 bridgehead atoms. The van der Waals surface area contributed by atoms with Crippen LogP contribution in [0.25, 0.3) is 0 Å². The van der Waals surface area contributed by atoms with Gasteiger partial charge in [-0.25, -0.2) is 5.48 Å². The Kier molecular flexibility index (Phi) is 2.27. The monoisotopic (exact) mass is 176 g/mol. The normalized spacial score (nSPS) is 21.9. The van der Waals surface area contributed by atoms with Crippen molar-refractivity contribution in [2.75, 3.05) is 6.54 Å². The van der Waals surface area contributed by atoms with E-state index in [1.165, 1.54) is 0 Å². The van der Waals surface area contributed by atoms with Gasteiger partial charge in [0.15, 0.2) is 5.84 Å². The molecule has 1 unspecified atom stereocenters. The van der Waals surface area contributed by atoms with E-state index >= 15 is 0 Å². The van der Waals surface area contributed by atoms with Gasteiger partial charge < -0.3 is 0 Å². The molecule has 1 atom stereocenters. The lowest BCUT2D eigenvalue weighted by Crippen LogP contribution is -2.35. The van der Waals surface area contributed by atoms with E-state index in [4.69, 9.17) is 4.84 Å². The molecule has 3 nitrogen and oxygen atoms in total. The number of aliphatic imine (C=N–C) groups is 1. The van der Waals surface area contributed by atoms with Crippen LogP contribution in [-0.4, -0.2) is 18.5 Å². The summed E-state index contributed by atoms with van der Waals surface area (Å²) in [7, 11) is 0. The number of hydroxylamine groups is 1. The molecule has 1 aliphatic heterocycles. The van der Waals surface area contributed by atoms with E-state index in [0.29, 0.717) is 0 Å². The van der Waals surface area contributed by atoms with Crippen LogP contribution < -0.4 is 5.48 Å². The maximum absolute atomic E-state index is 5.26. The van der Waals surface area contributed by atoms with Crippen molar-refractivity contribution < 1.29 is 4.84 Å². The molecule has 0 saturated heterocycles. The molecule has 0 radical (unpaired) electrons. The lowest BCUT2D eigenvalue weighted by molar-refractivity contribution is 0.0184. The Balaban J connectivity index is 2.19. The van der Waals surface area contributed by atoms with Gasteiger partial charge in [-0.15, -0.1) is 0 Å². The van der Waals surface area contributed by atoms with Gasteiger partial charge in [-0.2, -0.15) is 0 Å². The zero-order chi connectivity index (χ0) is 9.10. The summed E-state index contributed by atoms with van der Waals surface area (Å²) in [5.41, 5.74) is 3.90. The van der Waals surface area contributed by atoms with Gasteiger partial charge >= 0.3 is 0 Å². The minimum absolute atomic E-state index is 0.160. The second kappa shape index (κ2) is 3.58. The Morgan fingerprint density at radius 1 is 1.38 bits per heavy atom. The van der Waals surface area contributed by atoms with Gasteiger partial charge in [-0.05, 0) is 6.92 Å². The van der Waals surface area contributed by atoms with Crippen molar-refractivity contribution in [3.63, 3.8) is 0 Å². The van der Waals surface area contributed by atoms with E-state index in [1.807, 2.05) is 37.3 Å². The van der Waals surface area contributed by atoms with Gasteiger partial charge in [0.05, 0.1) is 6.54 Å². The Morgan fingerprint density at radius 2 is 2.15 bits per heavy atom. The Morgan fingerprint density at radius 3 is 2.77 bits per heavy atom. The van der Waals surface area contributed by atoms with Crippen molar-refractivity contribution in [1.29, 1.82) is 0 Å². The van der Waals surface area contributed by atoms with Gasteiger partial charge in [0, 0.05) is 5.56 Å². The molecule has 0 spiro atoms. The Bertz CT molecular complexity index is 308. The summed E-state index contributed by atoms with van der Waals surface area (Å²) < 4.78 is 0. The molecule has 13 heavy (non-hydrogen) atoms. The first kappa shape index (κ1) is 8.26. The maximum atomic E-state index is 5.26. The van der Waals surface area contributed by atoms with Crippen LogP contribution in [0, 0.1) is 0 Å². The van der Waals surface area contributed by atoms with E-state index in [1.54, 1.807) is 0 Å². The summed E-state index contributed by atoms with van der Waals surface area (Å²) in [6.07, 6.45) is 0.160. The number of hydrogen-bond donors (Lipinski definition) is 1. The molecule has 0 aliphatic carbocycles. The van der Waals surface area contributed by atoms with E-state index in [0.717, 1.165) is 17.9 Å². The highest BCUT2D eigenvalue weighted by atomic mass is 16.7. The fourth-order valence-electron chi connectivity index (χ4n) is 1.19. The highest BCUT2D eigenvalue weighted by molar-refractivity contribution is 5.98. The summed E-state index contributed by atoms with van der Waals surface area (Å²) in [4.78, 5) is 9.63. The van der Waals surface area contributed by atoms with Crippen LogP contribution in [0.5, 0.6) is 0 Å². The number of nitrogens with zero attached hydrogens (tertiary/aromatic N) is 1. The van der Waals surface area contributed by atoms with Crippen LogP contribution in [0.1, 0.15) is 12.5 Å². The standard InChI is InChI=1S/C10H12N2O/c1-8-7-11-10(12-13-8)9-5-3-2-4-6-9/h2-6,8H,7H2,1H3,(H,11,12). The highest BCUT2D eigenvalue weighted by Gasteiger charge is 2.11. The van der Waals surface area contributed by atoms with Gasteiger partial charge in [0.25, 0.3) is 0 Å². The highest BCUT2D eigenvalue weighted by Crippen LogP contribution is 2.04. The molecule has 0 aromatic heterocycles. The third-order valence-electron chi connectivity index (χ3n) is 1.91. The molecule has 1 aliphatic rings. The van der Waals surface area contributed by atoms with Crippen LogP contribution in [-0.2, 0) is 4.84 Å². The summed E-state index contributed by atoms with van der Waals surface area (Å²) >= 11 is 0. The first-order valence-corrected chi connectivity index (χ1v) is 4.38. The van der Waals surface area contributed by atoms with Gasteiger partial charge in [-0.1, -0.05) is 30.3 Å². The molecule has 1 N–H and O–H groups in total. The molecular formula is C10H12N2O. The molecule has 68 valence electrons. The second-order valence-corrected chi connectivity index (χ2v) is 3.09. The molecule has 2 rings (SSSR count). The average molecular weight is 176 g/mol. The quantitative estimate of drug-likeness (QED) is 0.700. The fourth-order valence-corrected chi connectivity index (χ4v) is 1.19. The number of amidine groups is 1. The molecule has 0 saturated carbocycles. The van der Waals surface area contributed by atoms with Crippen LogP contribution in [0.15, 0.2) is 35.3 Å². The number of hydrogen-bond acceptors (Lipinski definition) is 3. The predicted octanol–water partition coefficient (Wildman–Crippen LogP) is 1.36. The summed E-state index contributed by atoms with van der Waals surface area (Å²) in [6.45, 7) is 2.70. The molecule has 0 amide bonds. The first-order valence-electron chi connectivity index (χ1n) is 4.38. The van der Waals surface area contributed by atoms with Crippen molar-refractivity contribution in [1.82, 2.24) is 5.48 Å². The summed E-state index contributed by atoms with van der Waals surface area (Å²) in [5, 5.41) is 0. The van der Waals surface area contributed by atoms with Gasteiger partial charge in [0.1, 0.15) is 6.10 Å². The first-order chi connectivity index (χ1) is 6.36. The third-order valence-corrected chi connectivity index (χ3v) is 1.91. The van der Waals surface area contributed by atoms with Crippen LogP contribution in [0.2, 0.25) is 0 Å². The minimum Gasteiger partial charge on any atom is -0.270 e. The third kappa shape index (κ3) is 1.87. The van der Waals surface area contributed by atoms with Crippen molar-refractivity contribution in [3.05, 3.63) is 35.9 Å². The maximum Gasteiger partial charge on any atom is 0.152 e. The van der Waals surface area contributed by atoms with E-state index in [-0.39, 0.29) is 6.10 Å². The van der Waals surface area contributed by atoms with E-state index in [2.05, 4.69) is 10.5 Å². The number of nitrogens with one attached hydrogen (secondary N) is 1. The smallest absolute Gasteiger partial charge is 0.152 e. The largest absolute Gasteiger partial charge is 0.270 e. The lowest BCUT2D eigenvalue weighted by atomic mass is 10.2. The van der Waals surface area contributed by atoms with Crippen molar-refractivity contribution >= 4 is 5.84 Å². The average Bonchev–Trinajstić information content (AvgIpc) is 2.20. The zero-order valence-corrected chi connectivity index (χ0v) is 7.53. The number of benzene rings is 1. The van der Waals surface area contributed by atoms with E-state index < -0.39 is 0 Å². The van der Waals surface area contributed by atoms with Crippen molar-refractivity contribution in [2.24, 2.45) is 4.99 Å². The Labute approximate surface area is 77.4 Å². The number of rotatable bonds is 1. The molecular weight excluding hydrogens is 164 g/mol. The van der Waals surface area contributed by atoms with Gasteiger partial charge in [0.2, 0.25) is 0 Å². The van der Waals surface area contributed by atoms with Crippen LogP contribution in [0.4, 0.5) is 0 Å². The van der Waals surface area contributed by atoms with Crippen LogP contribution in [0.3, 0.4) is 0 Å². The lowest BCUT2D eigenvalue weighted by Gasteiger charge is -2.19. The molecule has 1 heterocycles. The Hall–Kier alpha value is -1.35. The van der Waals surface area contributed by atoms with Crippen molar-refractivity contribution in [2.45, 2.75) is 13.0 Å². The van der Waals surface area contributed by atoms with Gasteiger partial charge in [-0.3, -0.25) is 9.83 Å². The van der Waals surface area contributed by atoms with E-state index in [9.17, 15) is 0 Å².